The maximum absolute atomic E-state index is 13.5. The normalized spacial score (nSPS) is 14.9. The highest BCUT2D eigenvalue weighted by molar-refractivity contribution is 6.99. The molecular formula is C24H39NO8Si2. The third-order valence-corrected chi connectivity index (χ3v) is 13.2. The molecule has 0 spiro atoms. The van der Waals surface area contributed by atoms with E-state index >= 15 is 0 Å². The van der Waals surface area contributed by atoms with Crippen LogP contribution in [0, 0.1) is 0 Å². The number of anilines is 1. The lowest BCUT2D eigenvalue weighted by Crippen LogP contribution is -2.59. The number of carbonyl (C=O) groups excluding carboxylic acids is 3. The number of unbranched alkanes of at least 4 members (excludes halogenated alkanes) is 1. The van der Waals surface area contributed by atoms with Crippen LogP contribution in [0.2, 0.25) is 39.3 Å². The predicted octanol–water partition coefficient (Wildman–Crippen LogP) is 4.17. The molecule has 0 bridgehead atoms. The molecule has 0 fully saturated rings. The Balaban J connectivity index is 3.03. The molecule has 1 heterocycles. The maximum atomic E-state index is 13.5. The summed E-state index contributed by atoms with van der Waals surface area (Å²) in [6.45, 7) is 15.5. The molecule has 0 N–H and O–H groups in total. The summed E-state index contributed by atoms with van der Waals surface area (Å²) >= 11 is 0. The predicted molar refractivity (Wildman–Crippen MR) is 138 cm³/mol. The third-order valence-electron chi connectivity index (χ3n) is 6.05. The number of ether oxygens (including phenoxy) is 4. The van der Waals surface area contributed by atoms with Gasteiger partial charge < -0.3 is 27.6 Å². The first-order chi connectivity index (χ1) is 16.2. The molecule has 0 aromatic carbocycles. The van der Waals surface area contributed by atoms with Crippen molar-refractivity contribution in [2.24, 2.45) is 0 Å². The Kier molecular flexibility index (Phi) is 8.38. The zero-order chi connectivity index (χ0) is 26.9. The molecule has 0 amide bonds. The van der Waals surface area contributed by atoms with Gasteiger partial charge in [-0.15, -0.1) is 0 Å². The minimum Gasteiger partial charge on any atom is -0.468 e. The Morgan fingerprint density at radius 3 is 1.69 bits per heavy atom. The van der Waals surface area contributed by atoms with Crippen LogP contribution >= 0.6 is 0 Å². The molecule has 35 heavy (non-hydrogen) atoms. The van der Waals surface area contributed by atoms with Crippen molar-refractivity contribution in [1.82, 2.24) is 0 Å². The molecule has 2 rings (SSSR count). The Morgan fingerprint density at radius 2 is 1.34 bits per heavy atom. The second-order valence-corrected chi connectivity index (χ2v) is 20.5. The number of furan rings is 1. The van der Waals surface area contributed by atoms with E-state index in [1.807, 2.05) is 0 Å². The van der Waals surface area contributed by atoms with Crippen LogP contribution in [-0.4, -0.2) is 62.8 Å². The highest BCUT2D eigenvalue weighted by atomic mass is 28.4. The fourth-order valence-corrected chi connectivity index (χ4v) is 14.7. The van der Waals surface area contributed by atoms with Gasteiger partial charge in [0, 0.05) is 5.56 Å². The molecule has 0 atom stereocenters. The molecule has 0 aliphatic heterocycles. The summed E-state index contributed by atoms with van der Waals surface area (Å²) in [6, 6.07) is 0. The average Bonchev–Trinajstić information content (AvgIpc) is 3.35. The van der Waals surface area contributed by atoms with E-state index in [1.54, 1.807) is 0 Å². The van der Waals surface area contributed by atoms with E-state index in [9.17, 15) is 14.4 Å². The molecule has 1 aliphatic carbocycles. The fourth-order valence-electron chi connectivity index (χ4n) is 5.04. The number of nitrogens with zero attached hydrogens (tertiary/aromatic N) is 1. The van der Waals surface area contributed by atoms with E-state index in [-0.39, 0.29) is 17.1 Å². The van der Waals surface area contributed by atoms with Crippen LogP contribution in [-0.2, 0) is 40.4 Å². The molecule has 9 nitrogen and oxygen atoms in total. The lowest BCUT2D eigenvalue weighted by Gasteiger charge is -2.44. The molecule has 0 unspecified atom stereocenters. The van der Waals surface area contributed by atoms with Crippen molar-refractivity contribution in [2.45, 2.75) is 70.9 Å². The van der Waals surface area contributed by atoms with E-state index in [1.165, 1.54) is 28.4 Å². The summed E-state index contributed by atoms with van der Waals surface area (Å²) in [5, 5.41) is 0. The van der Waals surface area contributed by atoms with Crippen LogP contribution in [0.5, 0.6) is 5.95 Å². The molecule has 0 radical (unpaired) electrons. The largest absolute Gasteiger partial charge is 0.468 e. The second-order valence-electron chi connectivity index (χ2n) is 10.5. The maximum Gasteiger partial charge on any atom is 0.336 e. The highest BCUT2D eigenvalue weighted by Gasteiger charge is 2.71. The van der Waals surface area contributed by atoms with Crippen molar-refractivity contribution in [3.63, 3.8) is 0 Å². The van der Waals surface area contributed by atoms with Gasteiger partial charge in [-0.1, -0.05) is 52.6 Å². The summed E-state index contributed by atoms with van der Waals surface area (Å²) in [5.74, 6) is -1.72. The minimum absolute atomic E-state index is 0.0679. The van der Waals surface area contributed by atoms with Crippen LogP contribution in [0.4, 0.5) is 5.88 Å². The molecule has 11 heteroatoms. The standard InChI is InChI=1S/C24H39NO8Si2/c1-12-13-14-15-16(22(31-4)33-19(15)25(34(6,7)8)35(9,10)11)24(23(28)32-5)17(20(26)29-2)18(24)21(27)30-3/h12-14H2,1-11H3. The summed E-state index contributed by atoms with van der Waals surface area (Å²) in [6.07, 6.45) is 2.24. The summed E-state index contributed by atoms with van der Waals surface area (Å²) in [4.78, 5) is 39.1. The molecule has 1 aromatic rings. The van der Waals surface area contributed by atoms with Crippen molar-refractivity contribution in [3.8, 4) is 5.95 Å². The van der Waals surface area contributed by atoms with E-state index in [4.69, 9.17) is 23.4 Å². The Morgan fingerprint density at radius 1 is 0.857 bits per heavy atom. The van der Waals surface area contributed by atoms with Gasteiger partial charge in [0.25, 0.3) is 5.95 Å². The van der Waals surface area contributed by atoms with Gasteiger partial charge in [-0.2, -0.15) is 0 Å². The molecular weight excluding hydrogens is 486 g/mol. The second kappa shape index (κ2) is 10.2. The van der Waals surface area contributed by atoms with E-state index < -0.39 is 39.8 Å². The Labute approximate surface area is 209 Å². The zero-order valence-corrected chi connectivity index (χ0v) is 24.8. The average molecular weight is 526 g/mol. The molecule has 1 aromatic heterocycles. The first-order valence-electron chi connectivity index (χ1n) is 11.7. The first-order valence-corrected chi connectivity index (χ1v) is 18.6. The van der Waals surface area contributed by atoms with Gasteiger partial charge in [-0.05, 0) is 12.8 Å². The molecule has 0 saturated heterocycles. The van der Waals surface area contributed by atoms with Gasteiger partial charge in [-0.3, -0.25) is 4.79 Å². The van der Waals surface area contributed by atoms with Gasteiger partial charge in [0.15, 0.2) is 11.3 Å². The topological polar surface area (TPSA) is 105 Å². The highest BCUT2D eigenvalue weighted by Crippen LogP contribution is 2.61. The summed E-state index contributed by atoms with van der Waals surface area (Å²) in [7, 11) is 1.06. The van der Waals surface area contributed by atoms with Crippen molar-refractivity contribution in [2.75, 3.05) is 32.7 Å². The smallest absolute Gasteiger partial charge is 0.336 e. The number of rotatable bonds is 11. The Hall–Kier alpha value is -2.54. The Bertz CT molecular complexity index is 990. The lowest BCUT2D eigenvalue weighted by molar-refractivity contribution is -0.146. The van der Waals surface area contributed by atoms with Crippen LogP contribution in [0.3, 0.4) is 0 Å². The number of methoxy groups -OCH3 is 4. The van der Waals surface area contributed by atoms with E-state index in [2.05, 4.69) is 50.4 Å². The number of hydrogen-bond donors (Lipinski definition) is 0. The quantitative estimate of drug-likeness (QED) is 0.239. The monoisotopic (exact) mass is 525 g/mol. The van der Waals surface area contributed by atoms with Crippen LogP contribution in [0.1, 0.15) is 30.9 Å². The van der Waals surface area contributed by atoms with Crippen molar-refractivity contribution < 1.29 is 37.7 Å². The van der Waals surface area contributed by atoms with Gasteiger partial charge in [-0.25, -0.2) is 9.59 Å². The summed E-state index contributed by atoms with van der Waals surface area (Å²) < 4.78 is 29.5. The zero-order valence-electron chi connectivity index (χ0n) is 22.8. The fraction of sp³-hybridized carbons (Fsp3) is 0.625. The van der Waals surface area contributed by atoms with Crippen molar-refractivity contribution >= 4 is 40.3 Å². The molecule has 1 aliphatic rings. The van der Waals surface area contributed by atoms with Crippen molar-refractivity contribution in [3.05, 3.63) is 22.3 Å². The van der Waals surface area contributed by atoms with E-state index in [0.717, 1.165) is 18.4 Å². The van der Waals surface area contributed by atoms with Crippen LogP contribution in [0.15, 0.2) is 15.6 Å². The van der Waals surface area contributed by atoms with Crippen LogP contribution in [0.25, 0.3) is 0 Å². The van der Waals surface area contributed by atoms with Crippen LogP contribution < -0.4 is 8.97 Å². The summed E-state index contributed by atoms with van der Waals surface area (Å²) in [5.41, 5.74) is -1.00. The van der Waals surface area contributed by atoms with Gasteiger partial charge >= 0.3 is 17.9 Å². The number of esters is 3. The van der Waals surface area contributed by atoms with Crippen molar-refractivity contribution in [1.29, 1.82) is 0 Å². The van der Waals surface area contributed by atoms with Gasteiger partial charge in [0.1, 0.15) is 16.5 Å². The third kappa shape index (κ3) is 4.80. The first kappa shape index (κ1) is 28.7. The van der Waals surface area contributed by atoms with Gasteiger partial charge in [0.05, 0.1) is 45.1 Å². The molecule has 0 saturated carbocycles. The SMILES string of the molecule is CCCCc1c(N([Si](C)(C)C)[Si](C)(C)C)oc(OC)c1C1(C(=O)OC)C(C(=O)OC)=C1C(=O)OC. The molecule has 196 valence electrons. The number of carbonyl (C=O) groups is 3. The number of hydrogen-bond acceptors (Lipinski definition) is 9. The minimum atomic E-state index is -1.99. The van der Waals surface area contributed by atoms with E-state index in [0.29, 0.717) is 17.9 Å². The lowest BCUT2D eigenvalue weighted by atomic mass is 9.84. The van der Waals surface area contributed by atoms with Gasteiger partial charge in [0.2, 0.25) is 0 Å².